The van der Waals surface area contributed by atoms with E-state index in [2.05, 4.69) is 10.6 Å². The van der Waals surface area contributed by atoms with Crippen molar-refractivity contribution in [1.29, 1.82) is 0 Å². The number of benzene rings is 1. The van der Waals surface area contributed by atoms with E-state index in [1.807, 2.05) is 31.2 Å². The van der Waals surface area contributed by atoms with Crippen molar-refractivity contribution in [2.75, 3.05) is 10.2 Å². The summed E-state index contributed by atoms with van der Waals surface area (Å²) in [6, 6.07) is 7.18. The molecule has 2 aliphatic rings. The fraction of sp³-hybridized carbons (Fsp3) is 0.556. The average molecular weight is 315 g/mol. The third-order valence-corrected chi connectivity index (χ3v) is 4.75. The molecule has 0 saturated heterocycles. The number of amides is 3. The van der Waals surface area contributed by atoms with Crippen LogP contribution in [-0.2, 0) is 4.79 Å². The average Bonchev–Trinajstić information content (AvgIpc) is 2.56. The third kappa shape index (κ3) is 3.33. The molecular formula is C18H25N3O2. The third-order valence-electron chi connectivity index (χ3n) is 4.75. The molecule has 0 bridgehead atoms. The van der Waals surface area contributed by atoms with E-state index in [0.717, 1.165) is 24.9 Å². The second kappa shape index (κ2) is 7.02. The smallest absolute Gasteiger partial charge is 0.322 e. The molecule has 1 aromatic rings. The quantitative estimate of drug-likeness (QED) is 0.894. The molecule has 3 amide bonds. The van der Waals surface area contributed by atoms with Gasteiger partial charge in [0, 0.05) is 6.04 Å². The van der Waals surface area contributed by atoms with Crippen LogP contribution in [0.4, 0.5) is 16.2 Å². The second-order valence-corrected chi connectivity index (χ2v) is 6.47. The van der Waals surface area contributed by atoms with Gasteiger partial charge in [-0.25, -0.2) is 4.79 Å². The Morgan fingerprint density at radius 2 is 2.00 bits per heavy atom. The molecule has 5 heteroatoms. The first-order valence-corrected chi connectivity index (χ1v) is 8.70. The number of para-hydroxylation sites is 2. The van der Waals surface area contributed by atoms with Crippen LogP contribution < -0.4 is 15.5 Å². The molecule has 1 aromatic carbocycles. The van der Waals surface area contributed by atoms with E-state index in [-0.39, 0.29) is 18.0 Å². The number of fused-ring (bicyclic) bond motifs is 1. The molecule has 0 spiro atoms. The van der Waals surface area contributed by atoms with Gasteiger partial charge < -0.3 is 10.6 Å². The second-order valence-electron chi connectivity index (χ2n) is 6.47. The van der Waals surface area contributed by atoms with E-state index in [0.29, 0.717) is 12.1 Å². The van der Waals surface area contributed by atoms with Gasteiger partial charge in [-0.05, 0) is 31.4 Å². The van der Waals surface area contributed by atoms with E-state index in [1.165, 1.54) is 19.3 Å². The molecule has 2 N–H and O–H groups in total. The molecule has 1 saturated carbocycles. The van der Waals surface area contributed by atoms with Gasteiger partial charge >= 0.3 is 6.03 Å². The lowest BCUT2D eigenvalue weighted by atomic mass is 9.95. The zero-order valence-electron chi connectivity index (χ0n) is 13.7. The van der Waals surface area contributed by atoms with Gasteiger partial charge in [-0.2, -0.15) is 0 Å². The Kier molecular flexibility index (Phi) is 4.84. The van der Waals surface area contributed by atoms with Gasteiger partial charge in [0.15, 0.2) is 0 Å². The number of carbonyl (C=O) groups is 2. The predicted octanol–water partition coefficient (Wildman–Crippen LogP) is 3.66. The summed E-state index contributed by atoms with van der Waals surface area (Å²) >= 11 is 0. The van der Waals surface area contributed by atoms with Crippen LogP contribution in [0.1, 0.15) is 51.9 Å². The van der Waals surface area contributed by atoms with Gasteiger partial charge in [-0.1, -0.05) is 44.7 Å². The van der Waals surface area contributed by atoms with E-state index < -0.39 is 6.04 Å². The number of anilines is 2. The van der Waals surface area contributed by atoms with Gasteiger partial charge in [0.05, 0.1) is 11.4 Å². The summed E-state index contributed by atoms with van der Waals surface area (Å²) in [6.45, 7) is 2.03. The maximum atomic E-state index is 12.9. The molecule has 5 nitrogen and oxygen atoms in total. The Bertz CT molecular complexity index is 581. The molecule has 0 radical (unpaired) electrons. The SMILES string of the molecule is CCCC1C(=O)Nc2ccccc2N1C(=O)NC1CCCCC1. The normalized spacial score (nSPS) is 21.5. The van der Waals surface area contributed by atoms with Gasteiger partial charge in [-0.15, -0.1) is 0 Å². The molecule has 1 atom stereocenters. The molecular weight excluding hydrogens is 290 g/mol. The summed E-state index contributed by atoms with van der Waals surface area (Å²) in [5, 5.41) is 6.07. The Morgan fingerprint density at radius 1 is 1.26 bits per heavy atom. The van der Waals surface area contributed by atoms with Crippen LogP contribution in [0, 0.1) is 0 Å². The van der Waals surface area contributed by atoms with E-state index >= 15 is 0 Å². The van der Waals surface area contributed by atoms with Gasteiger partial charge in [0.2, 0.25) is 5.91 Å². The highest BCUT2D eigenvalue weighted by Gasteiger charge is 2.36. The van der Waals surface area contributed by atoms with Gasteiger partial charge in [0.1, 0.15) is 6.04 Å². The zero-order chi connectivity index (χ0) is 16.2. The Morgan fingerprint density at radius 3 is 2.74 bits per heavy atom. The fourth-order valence-electron chi connectivity index (χ4n) is 3.57. The Balaban J connectivity index is 1.85. The topological polar surface area (TPSA) is 61.4 Å². The van der Waals surface area contributed by atoms with Crippen LogP contribution in [-0.4, -0.2) is 24.0 Å². The first-order chi connectivity index (χ1) is 11.2. The summed E-state index contributed by atoms with van der Waals surface area (Å²) in [5.41, 5.74) is 1.50. The maximum Gasteiger partial charge on any atom is 0.322 e. The minimum Gasteiger partial charge on any atom is -0.335 e. The van der Waals surface area contributed by atoms with Crippen molar-refractivity contribution in [2.45, 2.75) is 64.0 Å². The molecule has 124 valence electrons. The number of urea groups is 1. The van der Waals surface area contributed by atoms with Crippen molar-refractivity contribution in [3.63, 3.8) is 0 Å². The van der Waals surface area contributed by atoms with Gasteiger partial charge in [-0.3, -0.25) is 9.69 Å². The number of carbonyl (C=O) groups excluding carboxylic acids is 2. The lowest BCUT2D eigenvalue weighted by molar-refractivity contribution is -0.117. The summed E-state index contributed by atoms with van der Waals surface area (Å²) in [7, 11) is 0. The zero-order valence-corrected chi connectivity index (χ0v) is 13.7. The van der Waals surface area contributed by atoms with Crippen LogP contribution in [0.25, 0.3) is 0 Å². The number of hydrogen-bond donors (Lipinski definition) is 2. The summed E-state index contributed by atoms with van der Waals surface area (Å²) in [6.07, 6.45) is 7.17. The molecule has 1 heterocycles. The van der Waals surface area contributed by atoms with Crippen molar-refractivity contribution >= 4 is 23.3 Å². The van der Waals surface area contributed by atoms with Gasteiger partial charge in [0.25, 0.3) is 0 Å². The van der Waals surface area contributed by atoms with E-state index in [9.17, 15) is 9.59 Å². The molecule has 1 fully saturated rings. The molecule has 1 aliphatic heterocycles. The molecule has 0 aromatic heterocycles. The van der Waals surface area contributed by atoms with Crippen molar-refractivity contribution in [1.82, 2.24) is 5.32 Å². The van der Waals surface area contributed by atoms with Crippen LogP contribution in [0.5, 0.6) is 0 Å². The summed E-state index contributed by atoms with van der Waals surface area (Å²) < 4.78 is 0. The monoisotopic (exact) mass is 315 g/mol. The highest BCUT2D eigenvalue weighted by Crippen LogP contribution is 2.33. The lowest BCUT2D eigenvalue weighted by Crippen LogP contribution is -2.56. The number of nitrogens with zero attached hydrogens (tertiary/aromatic N) is 1. The molecule has 1 unspecified atom stereocenters. The summed E-state index contributed by atoms with van der Waals surface area (Å²) in [4.78, 5) is 27.0. The molecule has 1 aliphatic carbocycles. The van der Waals surface area contributed by atoms with Crippen molar-refractivity contribution in [3.8, 4) is 0 Å². The predicted molar refractivity (Wildman–Crippen MR) is 91.7 cm³/mol. The van der Waals surface area contributed by atoms with E-state index in [4.69, 9.17) is 0 Å². The lowest BCUT2D eigenvalue weighted by Gasteiger charge is -2.37. The standard InChI is InChI=1S/C18H25N3O2/c1-2-8-16-17(22)20-14-11-6-7-12-15(14)21(16)18(23)19-13-9-4-3-5-10-13/h6-7,11-13,16H,2-5,8-10H2,1H3,(H,19,23)(H,20,22). The highest BCUT2D eigenvalue weighted by molar-refractivity contribution is 6.11. The number of nitrogens with one attached hydrogen (secondary N) is 2. The van der Waals surface area contributed by atoms with Crippen molar-refractivity contribution in [2.24, 2.45) is 0 Å². The van der Waals surface area contributed by atoms with Crippen molar-refractivity contribution in [3.05, 3.63) is 24.3 Å². The highest BCUT2D eigenvalue weighted by atomic mass is 16.2. The maximum absolute atomic E-state index is 12.9. The molecule has 3 rings (SSSR count). The van der Waals surface area contributed by atoms with Crippen molar-refractivity contribution < 1.29 is 9.59 Å². The summed E-state index contributed by atoms with van der Waals surface area (Å²) in [5.74, 6) is -0.0932. The Hall–Kier alpha value is -2.04. The van der Waals surface area contributed by atoms with Crippen LogP contribution >= 0.6 is 0 Å². The minimum absolute atomic E-state index is 0.0932. The first kappa shape index (κ1) is 15.8. The Labute approximate surface area is 137 Å². The number of hydrogen-bond acceptors (Lipinski definition) is 2. The molecule has 23 heavy (non-hydrogen) atoms. The van der Waals surface area contributed by atoms with Crippen LogP contribution in [0.2, 0.25) is 0 Å². The number of rotatable bonds is 3. The van der Waals surface area contributed by atoms with E-state index in [1.54, 1.807) is 4.90 Å². The van der Waals surface area contributed by atoms with Crippen LogP contribution in [0.3, 0.4) is 0 Å². The first-order valence-electron chi connectivity index (χ1n) is 8.70. The fourth-order valence-corrected chi connectivity index (χ4v) is 3.57. The van der Waals surface area contributed by atoms with Crippen LogP contribution in [0.15, 0.2) is 24.3 Å². The minimum atomic E-state index is -0.432. The largest absolute Gasteiger partial charge is 0.335 e.